The molecule has 0 amide bonds. The zero-order valence-electron chi connectivity index (χ0n) is 14.3. The Morgan fingerprint density at radius 1 is 1.27 bits per heavy atom. The average molecular weight is 394 g/mol. The Bertz CT molecular complexity index is 946. The molecule has 1 saturated heterocycles. The quantitative estimate of drug-likeness (QED) is 0.571. The fourth-order valence-electron chi connectivity index (χ4n) is 2.92. The van der Waals surface area contributed by atoms with E-state index >= 15 is 0 Å². The summed E-state index contributed by atoms with van der Waals surface area (Å²) in [5.41, 5.74) is 1.00. The predicted octanol–water partition coefficient (Wildman–Crippen LogP) is 3.35. The van der Waals surface area contributed by atoms with Crippen molar-refractivity contribution < 1.29 is 18.1 Å². The third-order valence-electron chi connectivity index (χ3n) is 4.22. The minimum Gasteiger partial charge on any atom is -0.496 e. The van der Waals surface area contributed by atoms with Gasteiger partial charge in [-0.2, -0.15) is 4.31 Å². The molecule has 2 aromatic rings. The first kappa shape index (κ1) is 18.7. The summed E-state index contributed by atoms with van der Waals surface area (Å²) in [4.78, 5) is 10.4. The van der Waals surface area contributed by atoms with Crippen LogP contribution in [-0.4, -0.2) is 37.1 Å². The van der Waals surface area contributed by atoms with Gasteiger partial charge in [0.2, 0.25) is 10.0 Å². The van der Waals surface area contributed by atoms with E-state index in [4.69, 9.17) is 4.74 Å². The molecule has 7 nitrogen and oxygen atoms in total. The van der Waals surface area contributed by atoms with Gasteiger partial charge in [0.25, 0.3) is 5.69 Å². The second-order valence-electron chi connectivity index (χ2n) is 5.79. The van der Waals surface area contributed by atoms with Crippen LogP contribution in [0.2, 0.25) is 0 Å². The van der Waals surface area contributed by atoms with Crippen molar-refractivity contribution in [2.24, 2.45) is 0 Å². The summed E-state index contributed by atoms with van der Waals surface area (Å²) in [5.74, 6) is 1.25. The second-order valence-corrected chi connectivity index (χ2v) is 8.83. The molecule has 0 radical (unpaired) electrons. The lowest BCUT2D eigenvalue weighted by molar-refractivity contribution is -0.385. The largest absolute Gasteiger partial charge is 0.496 e. The molecule has 0 aliphatic carbocycles. The summed E-state index contributed by atoms with van der Waals surface area (Å²) in [6.45, 7) is 1.97. The number of hydrogen-bond acceptors (Lipinski definition) is 6. The Kier molecular flexibility index (Phi) is 5.22. The number of nitro groups is 1. The lowest BCUT2D eigenvalue weighted by Gasteiger charge is -2.25. The van der Waals surface area contributed by atoms with Gasteiger partial charge in [0.1, 0.15) is 5.75 Å². The maximum atomic E-state index is 13.3. The number of nitrogens with zero attached hydrogens (tertiary/aromatic N) is 2. The van der Waals surface area contributed by atoms with Crippen LogP contribution in [0.4, 0.5) is 5.69 Å². The van der Waals surface area contributed by atoms with Gasteiger partial charge in [-0.1, -0.05) is 24.3 Å². The summed E-state index contributed by atoms with van der Waals surface area (Å²) in [5, 5.41) is 10.6. The first-order valence-corrected chi connectivity index (χ1v) is 10.4. The number of sulfonamides is 1. The number of benzene rings is 2. The Morgan fingerprint density at radius 2 is 2.00 bits per heavy atom. The van der Waals surface area contributed by atoms with Crippen LogP contribution in [0.15, 0.2) is 47.4 Å². The molecular formula is C17H18N2O5S2. The van der Waals surface area contributed by atoms with E-state index < -0.39 is 20.3 Å². The van der Waals surface area contributed by atoms with E-state index in [1.807, 2.05) is 18.2 Å². The Labute approximate surface area is 156 Å². The lowest BCUT2D eigenvalue weighted by atomic mass is 10.2. The number of nitro benzene ring substituents is 1. The summed E-state index contributed by atoms with van der Waals surface area (Å²) in [6, 6.07) is 11.2. The zero-order chi connectivity index (χ0) is 18.9. The molecule has 3 rings (SSSR count). The third kappa shape index (κ3) is 3.29. The molecule has 1 aliphatic rings. The van der Waals surface area contributed by atoms with Crippen molar-refractivity contribution in [2.45, 2.75) is 17.2 Å². The highest BCUT2D eigenvalue weighted by Gasteiger charge is 2.39. The molecule has 1 atom stereocenters. The van der Waals surface area contributed by atoms with Crippen molar-refractivity contribution in [3.8, 4) is 5.75 Å². The van der Waals surface area contributed by atoms with Crippen LogP contribution in [0.25, 0.3) is 0 Å². The maximum absolute atomic E-state index is 13.3. The van der Waals surface area contributed by atoms with E-state index in [9.17, 15) is 18.5 Å². The molecule has 9 heteroatoms. The third-order valence-corrected chi connectivity index (χ3v) is 7.61. The van der Waals surface area contributed by atoms with E-state index in [2.05, 4.69) is 0 Å². The Morgan fingerprint density at radius 3 is 2.69 bits per heavy atom. The van der Waals surface area contributed by atoms with Gasteiger partial charge in [0, 0.05) is 30.0 Å². The molecule has 0 N–H and O–H groups in total. The van der Waals surface area contributed by atoms with Crippen molar-refractivity contribution in [3.05, 3.63) is 63.7 Å². The molecule has 138 valence electrons. The number of rotatable bonds is 5. The summed E-state index contributed by atoms with van der Waals surface area (Å²) in [7, 11) is -2.35. The normalized spacial score (nSPS) is 18.0. The summed E-state index contributed by atoms with van der Waals surface area (Å²) < 4.78 is 33.3. The molecule has 0 saturated carbocycles. The van der Waals surface area contributed by atoms with Crippen molar-refractivity contribution >= 4 is 27.5 Å². The van der Waals surface area contributed by atoms with Gasteiger partial charge >= 0.3 is 0 Å². The van der Waals surface area contributed by atoms with Crippen LogP contribution in [0.3, 0.4) is 0 Å². The van der Waals surface area contributed by atoms with Crippen LogP contribution >= 0.6 is 11.8 Å². The van der Waals surface area contributed by atoms with Crippen LogP contribution in [0.5, 0.6) is 5.75 Å². The molecule has 0 aromatic heterocycles. The number of aryl methyl sites for hydroxylation is 1. The molecule has 1 heterocycles. The molecule has 0 bridgehead atoms. The van der Waals surface area contributed by atoms with Crippen LogP contribution in [0.1, 0.15) is 16.5 Å². The first-order chi connectivity index (χ1) is 12.4. The van der Waals surface area contributed by atoms with Gasteiger partial charge in [-0.05, 0) is 18.6 Å². The van der Waals surface area contributed by atoms with Gasteiger partial charge < -0.3 is 4.74 Å². The molecule has 1 fully saturated rings. The van der Waals surface area contributed by atoms with Gasteiger partial charge in [-0.3, -0.25) is 10.1 Å². The monoisotopic (exact) mass is 394 g/mol. The van der Waals surface area contributed by atoms with Crippen LogP contribution in [-0.2, 0) is 10.0 Å². The number of para-hydroxylation sites is 1. The number of thioether (sulfide) groups is 1. The lowest BCUT2D eigenvalue weighted by Crippen LogP contribution is -2.31. The minimum atomic E-state index is -3.90. The number of ether oxygens (including phenoxy) is 1. The summed E-state index contributed by atoms with van der Waals surface area (Å²) in [6.07, 6.45) is 0. The van der Waals surface area contributed by atoms with E-state index in [1.165, 1.54) is 28.2 Å². The molecule has 1 unspecified atom stereocenters. The van der Waals surface area contributed by atoms with Gasteiger partial charge in [0.15, 0.2) is 0 Å². The highest BCUT2D eigenvalue weighted by molar-refractivity contribution is 8.01. The predicted molar refractivity (Wildman–Crippen MR) is 99.9 cm³/mol. The molecule has 0 spiro atoms. The molecule has 26 heavy (non-hydrogen) atoms. The smallest absolute Gasteiger partial charge is 0.270 e. The van der Waals surface area contributed by atoms with Crippen LogP contribution in [0, 0.1) is 17.0 Å². The van der Waals surface area contributed by atoms with Gasteiger partial charge in [-0.25, -0.2) is 8.42 Å². The van der Waals surface area contributed by atoms with Crippen LogP contribution < -0.4 is 4.74 Å². The second kappa shape index (κ2) is 7.26. The minimum absolute atomic E-state index is 0.0332. The maximum Gasteiger partial charge on any atom is 0.270 e. The Hall–Kier alpha value is -2.10. The summed E-state index contributed by atoms with van der Waals surface area (Å²) >= 11 is 1.50. The fraction of sp³-hybridized carbons (Fsp3) is 0.294. The van der Waals surface area contributed by atoms with Crippen molar-refractivity contribution in [2.75, 3.05) is 19.4 Å². The van der Waals surface area contributed by atoms with Gasteiger partial charge in [-0.15, -0.1) is 11.8 Å². The topological polar surface area (TPSA) is 89.8 Å². The molecular weight excluding hydrogens is 376 g/mol. The van der Waals surface area contributed by atoms with E-state index in [1.54, 1.807) is 20.1 Å². The average Bonchev–Trinajstić information content (AvgIpc) is 3.12. The Balaban J connectivity index is 2.07. The highest BCUT2D eigenvalue weighted by atomic mass is 32.2. The van der Waals surface area contributed by atoms with Crippen molar-refractivity contribution in [1.82, 2.24) is 4.31 Å². The standard InChI is InChI=1S/C17H18N2O5S2/c1-12-7-8-13(19(20)21)11-16(12)26(22,23)18-9-10-25-17(18)14-5-3-4-6-15(14)24-2/h3-8,11,17H,9-10H2,1-2H3. The SMILES string of the molecule is COc1ccccc1C1SCCN1S(=O)(=O)c1cc([N+](=O)[O-])ccc1C. The number of methoxy groups -OCH3 is 1. The highest BCUT2D eigenvalue weighted by Crippen LogP contribution is 2.45. The van der Waals surface area contributed by atoms with E-state index in [0.29, 0.717) is 23.6 Å². The zero-order valence-corrected chi connectivity index (χ0v) is 15.9. The van der Waals surface area contributed by atoms with E-state index in [0.717, 1.165) is 11.6 Å². The van der Waals surface area contributed by atoms with E-state index in [-0.39, 0.29) is 10.6 Å². The fourth-order valence-corrected chi connectivity index (χ4v) is 6.43. The molecule has 2 aromatic carbocycles. The number of hydrogen-bond donors (Lipinski definition) is 0. The van der Waals surface area contributed by atoms with Crippen molar-refractivity contribution in [3.63, 3.8) is 0 Å². The van der Waals surface area contributed by atoms with Crippen molar-refractivity contribution in [1.29, 1.82) is 0 Å². The number of non-ortho nitro benzene ring substituents is 1. The first-order valence-electron chi connectivity index (χ1n) is 7.87. The van der Waals surface area contributed by atoms with Gasteiger partial charge in [0.05, 0.1) is 22.3 Å². The molecule has 1 aliphatic heterocycles.